The van der Waals surface area contributed by atoms with Gasteiger partial charge in [-0.3, -0.25) is 4.90 Å². The van der Waals surface area contributed by atoms with Crippen molar-refractivity contribution in [1.29, 1.82) is 0 Å². The fourth-order valence-electron chi connectivity index (χ4n) is 2.54. The van der Waals surface area contributed by atoms with Crippen LogP contribution in [0.3, 0.4) is 0 Å². The third kappa shape index (κ3) is 6.11. The summed E-state index contributed by atoms with van der Waals surface area (Å²) >= 11 is 0. The highest BCUT2D eigenvalue weighted by Gasteiger charge is 2.11. The van der Waals surface area contributed by atoms with Gasteiger partial charge in [-0.25, -0.2) is 0 Å². The van der Waals surface area contributed by atoms with Gasteiger partial charge in [0.05, 0.1) is 0 Å². The van der Waals surface area contributed by atoms with Crippen LogP contribution in [0.15, 0.2) is 24.3 Å². The van der Waals surface area contributed by atoms with Gasteiger partial charge in [0.1, 0.15) is 0 Å². The van der Waals surface area contributed by atoms with E-state index in [1.54, 1.807) is 0 Å². The Labute approximate surface area is 119 Å². The molecule has 1 rings (SSSR count). The molecular formula is C17H30N2. The Bertz CT molecular complexity index is 349. The standard InChI is InChI=1S/C17H30N2/c1-4-7-9-15(5-2)13-19(6-3)14-16-10-8-11-17(18)12-16/h8,10-12,15H,4-7,9,13-14,18H2,1-3H3. The number of unbranched alkanes of at least 4 members (excludes halogenated alkanes) is 1. The van der Waals surface area contributed by atoms with Gasteiger partial charge in [-0.2, -0.15) is 0 Å². The topological polar surface area (TPSA) is 29.3 Å². The van der Waals surface area contributed by atoms with Gasteiger partial charge >= 0.3 is 0 Å². The van der Waals surface area contributed by atoms with Gasteiger partial charge in [-0.05, 0) is 36.6 Å². The van der Waals surface area contributed by atoms with E-state index in [1.165, 1.54) is 37.8 Å². The van der Waals surface area contributed by atoms with E-state index in [0.29, 0.717) is 0 Å². The van der Waals surface area contributed by atoms with Gasteiger partial charge in [0.2, 0.25) is 0 Å². The molecule has 0 aliphatic rings. The molecule has 108 valence electrons. The molecule has 1 atom stereocenters. The molecule has 0 amide bonds. The maximum absolute atomic E-state index is 5.85. The minimum absolute atomic E-state index is 0.834. The van der Waals surface area contributed by atoms with Gasteiger partial charge in [-0.15, -0.1) is 0 Å². The van der Waals surface area contributed by atoms with Crippen molar-refractivity contribution in [3.8, 4) is 0 Å². The molecule has 1 aromatic rings. The average Bonchev–Trinajstić information content (AvgIpc) is 2.42. The molecular weight excluding hydrogens is 232 g/mol. The fourth-order valence-corrected chi connectivity index (χ4v) is 2.54. The van der Waals surface area contributed by atoms with Crippen molar-refractivity contribution in [2.75, 3.05) is 18.8 Å². The number of nitrogens with zero attached hydrogens (tertiary/aromatic N) is 1. The van der Waals surface area contributed by atoms with E-state index in [4.69, 9.17) is 5.73 Å². The number of benzene rings is 1. The van der Waals surface area contributed by atoms with E-state index in [9.17, 15) is 0 Å². The largest absolute Gasteiger partial charge is 0.399 e. The van der Waals surface area contributed by atoms with E-state index in [-0.39, 0.29) is 0 Å². The normalized spacial score (nSPS) is 12.8. The second kappa shape index (κ2) is 8.98. The minimum Gasteiger partial charge on any atom is -0.399 e. The molecule has 1 unspecified atom stereocenters. The van der Waals surface area contributed by atoms with Gasteiger partial charge in [0, 0.05) is 18.8 Å². The lowest BCUT2D eigenvalue weighted by Gasteiger charge is -2.26. The summed E-state index contributed by atoms with van der Waals surface area (Å²) in [6, 6.07) is 8.27. The molecule has 19 heavy (non-hydrogen) atoms. The average molecular weight is 262 g/mol. The number of rotatable bonds is 9. The number of nitrogen functional groups attached to an aromatic ring is 1. The summed E-state index contributed by atoms with van der Waals surface area (Å²) in [5, 5.41) is 0. The highest BCUT2D eigenvalue weighted by atomic mass is 15.1. The molecule has 2 N–H and O–H groups in total. The number of nitrogens with two attached hydrogens (primary N) is 1. The zero-order chi connectivity index (χ0) is 14.1. The molecule has 2 heteroatoms. The van der Waals surface area contributed by atoms with Crippen LogP contribution < -0.4 is 5.73 Å². The second-order valence-corrected chi connectivity index (χ2v) is 5.49. The van der Waals surface area contributed by atoms with Gasteiger partial charge in [0.15, 0.2) is 0 Å². The molecule has 0 aliphatic carbocycles. The summed E-state index contributed by atoms with van der Waals surface area (Å²) in [7, 11) is 0. The van der Waals surface area contributed by atoms with Crippen LogP contribution in [0, 0.1) is 5.92 Å². The van der Waals surface area contributed by atoms with E-state index >= 15 is 0 Å². The van der Waals surface area contributed by atoms with Gasteiger partial charge in [-0.1, -0.05) is 52.2 Å². The Morgan fingerprint density at radius 1 is 1.21 bits per heavy atom. The third-order valence-corrected chi connectivity index (χ3v) is 3.86. The molecule has 0 spiro atoms. The molecule has 0 heterocycles. The molecule has 0 aromatic heterocycles. The van der Waals surface area contributed by atoms with E-state index in [2.05, 4.69) is 37.8 Å². The van der Waals surface area contributed by atoms with E-state index in [1.807, 2.05) is 12.1 Å². The fraction of sp³-hybridized carbons (Fsp3) is 0.647. The van der Waals surface area contributed by atoms with Crippen molar-refractivity contribution in [3.63, 3.8) is 0 Å². The molecule has 0 fully saturated rings. The van der Waals surface area contributed by atoms with Crippen LogP contribution in [0.1, 0.15) is 52.0 Å². The zero-order valence-corrected chi connectivity index (χ0v) is 12.9. The maximum atomic E-state index is 5.85. The van der Waals surface area contributed by atoms with Crippen LogP contribution in [0.2, 0.25) is 0 Å². The second-order valence-electron chi connectivity index (χ2n) is 5.49. The summed E-state index contributed by atoms with van der Waals surface area (Å²) in [5.74, 6) is 0.834. The highest BCUT2D eigenvalue weighted by molar-refractivity contribution is 5.40. The lowest BCUT2D eigenvalue weighted by Crippen LogP contribution is -2.29. The van der Waals surface area contributed by atoms with Crippen LogP contribution in [-0.4, -0.2) is 18.0 Å². The molecule has 2 nitrogen and oxygen atoms in total. The summed E-state index contributed by atoms with van der Waals surface area (Å²) in [6.07, 6.45) is 5.31. The molecule has 0 bridgehead atoms. The van der Waals surface area contributed by atoms with Crippen LogP contribution in [0.4, 0.5) is 5.69 Å². The Balaban J connectivity index is 2.52. The SMILES string of the molecule is CCCCC(CC)CN(CC)Cc1cccc(N)c1. The first-order chi connectivity index (χ1) is 9.19. The monoisotopic (exact) mass is 262 g/mol. The smallest absolute Gasteiger partial charge is 0.0317 e. The van der Waals surface area contributed by atoms with E-state index < -0.39 is 0 Å². The summed E-state index contributed by atoms with van der Waals surface area (Å²) in [5.41, 5.74) is 8.04. The van der Waals surface area contributed by atoms with Crippen molar-refractivity contribution in [3.05, 3.63) is 29.8 Å². The lowest BCUT2D eigenvalue weighted by molar-refractivity contribution is 0.221. The minimum atomic E-state index is 0.834. The third-order valence-electron chi connectivity index (χ3n) is 3.86. The lowest BCUT2D eigenvalue weighted by atomic mass is 9.98. The first-order valence-corrected chi connectivity index (χ1v) is 7.76. The molecule has 0 saturated heterocycles. The predicted molar refractivity (Wildman–Crippen MR) is 85.1 cm³/mol. The van der Waals surface area contributed by atoms with Gasteiger partial charge < -0.3 is 5.73 Å². The molecule has 0 aliphatic heterocycles. The summed E-state index contributed by atoms with van der Waals surface area (Å²) in [6.45, 7) is 10.2. The molecule has 1 aromatic carbocycles. The number of anilines is 1. The number of hydrogen-bond acceptors (Lipinski definition) is 2. The van der Waals surface area contributed by atoms with Crippen LogP contribution >= 0.6 is 0 Å². The van der Waals surface area contributed by atoms with Crippen molar-refractivity contribution >= 4 is 5.69 Å². The first kappa shape index (κ1) is 16.0. The van der Waals surface area contributed by atoms with Crippen LogP contribution in [-0.2, 0) is 6.54 Å². The highest BCUT2D eigenvalue weighted by Crippen LogP contribution is 2.16. The van der Waals surface area contributed by atoms with E-state index in [0.717, 1.165) is 24.7 Å². The predicted octanol–water partition coefficient (Wildman–Crippen LogP) is 4.31. The first-order valence-electron chi connectivity index (χ1n) is 7.76. The van der Waals surface area contributed by atoms with Crippen LogP contribution in [0.25, 0.3) is 0 Å². The Morgan fingerprint density at radius 2 is 2.00 bits per heavy atom. The van der Waals surface area contributed by atoms with Gasteiger partial charge in [0.25, 0.3) is 0 Å². The van der Waals surface area contributed by atoms with Crippen LogP contribution in [0.5, 0.6) is 0 Å². The quantitative estimate of drug-likeness (QED) is 0.672. The molecule has 0 saturated carbocycles. The van der Waals surface area contributed by atoms with Crippen molar-refractivity contribution in [2.45, 2.75) is 53.0 Å². The van der Waals surface area contributed by atoms with Crippen molar-refractivity contribution < 1.29 is 0 Å². The van der Waals surface area contributed by atoms with Crippen molar-refractivity contribution in [2.24, 2.45) is 5.92 Å². The summed E-state index contributed by atoms with van der Waals surface area (Å²) in [4.78, 5) is 2.54. The summed E-state index contributed by atoms with van der Waals surface area (Å²) < 4.78 is 0. The zero-order valence-electron chi connectivity index (χ0n) is 12.9. The van der Waals surface area contributed by atoms with Crippen molar-refractivity contribution in [1.82, 2.24) is 4.90 Å². The Hall–Kier alpha value is -1.02. The Morgan fingerprint density at radius 3 is 2.58 bits per heavy atom. The molecule has 0 radical (unpaired) electrons. The number of hydrogen-bond donors (Lipinski definition) is 1. The maximum Gasteiger partial charge on any atom is 0.0317 e. The Kier molecular flexibility index (Phi) is 7.57.